The lowest BCUT2D eigenvalue weighted by Gasteiger charge is -2.09. The molecular formula is C16H23NO3S. The van der Waals surface area contributed by atoms with Crippen LogP contribution in [0.4, 0.5) is 0 Å². The Balaban J connectivity index is 1.53. The largest absolute Gasteiger partial charge is 0.394 e. The maximum Gasteiger partial charge on any atom is 0.0894 e. The van der Waals surface area contributed by atoms with Gasteiger partial charge in [-0.2, -0.15) is 0 Å². The predicted octanol–water partition coefficient (Wildman–Crippen LogP) is 1.79. The molecule has 1 heterocycles. The minimum absolute atomic E-state index is 0.196. The van der Waals surface area contributed by atoms with Crippen LogP contribution in [-0.2, 0) is 11.2 Å². The maximum atomic E-state index is 9.14. The molecule has 2 aromatic rings. The summed E-state index contributed by atoms with van der Waals surface area (Å²) in [6, 6.07) is 8.72. The summed E-state index contributed by atoms with van der Waals surface area (Å²) in [6.07, 6.45) is 1.17. The number of benzene rings is 1. The summed E-state index contributed by atoms with van der Waals surface area (Å²) in [6.45, 7) is 2.46. The lowest BCUT2D eigenvalue weighted by atomic mass is 10.1. The Morgan fingerprint density at radius 3 is 3.00 bits per heavy atom. The minimum Gasteiger partial charge on any atom is -0.394 e. The number of aliphatic hydroxyl groups excluding tert-OH is 2. The van der Waals surface area contributed by atoms with E-state index in [0.29, 0.717) is 13.2 Å². The second-order valence-corrected chi connectivity index (χ2v) is 6.00. The molecule has 0 aliphatic rings. The molecule has 0 aliphatic carbocycles. The van der Waals surface area contributed by atoms with Crippen LogP contribution in [0, 0.1) is 0 Å². The van der Waals surface area contributed by atoms with Crippen molar-refractivity contribution >= 4 is 21.4 Å². The van der Waals surface area contributed by atoms with Crippen molar-refractivity contribution in [3.63, 3.8) is 0 Å². The first-order valence-electron chi connectivity index (χ1n) is 7.33. The van der Waals surface area contributed by atoms with Crippen molar-refractivity contribution in [2.24, 2.45) is 0 Å². The number of thiophene rings is 1. The molecule has 1 aromatic heterocycles. The van der Waals surface area contributed by atoms with E-state index in [0.717, 1.165) is 26.0 Å². The van der Waals surface area contributed by atoms with Crippen molar-refractivity contribution in [2.75, 3.05) is 32.9 Å². The fourth-order valence-electron chi connectivity index (χ4n) is 2.10. The van der Waals surface area contributed by atoms with Gasteiger partial charge in [0.1, 0.15) is 0 Å². The van der Waals surface area contributed by atoms with Gasteiger partial charge < -0.3 is 20.3 Å². The Labute approximate surface area is 129 Å². The molecule has 3 N–H and O–H groups in total. The molecule has 0 amide bonds. The molecule has 0 bridgehead atoms. The lowest BCUT2D eigenvalue weighted by molar-refractivity contribution is 0.0927. The van der Waals surface area contributed by atoms with E-state index in [9.17, 15) is 0 Å². The van der Waals surface area contributed by atoms with Crippen LogP contribution in [0.2, 0.25) is 0 Å². The zero-order valence-electron chi connectivity index (χ0n) is 12.1. The molecule has 1 aromatic carbocycles. The highest BCUT2D eigenvalue weighted by Gasteiger charge is 2.00. The molecule has 2 rings (SSSR count). The fourth-order valence-corrected chi connectivity index (χ4v) is 2.87. The molecule has 0 aliphatic heterocycles. The molecule has 1 unspecified atom stereocenters. The Bertz CT molecular complexity index is 529. The molecule has 0 fully saturated rings. The van der Waals surface area contributed by atoms with E-state index in [2.05, 4.69) is 35.0 Å². The van der Waals surface area contributed by atoms with Crippen LogP contribution in [0.25, 0.3) is 10.1 Å². The molecule has 0 saturated heterocycles. The molecule has 0 radical (unpaired) electrons. The van der Waals surface area contributed by atoms with Gasteiger partial charge in [-0.1, -0.05) is 12.1 Å². The third-order valence-electron chi connectivity index (χ3n) is 3.28. The zero-order chi connectivity index (χ0) is 14.9. The molecule has 4 nitrogen and oxygen atoms in total. The summed E-state index contributed by atoms with van der Waals surface area (Å²) in [5.74, 6) is 0. The first-order valence-corrected chi connectivity index (χ1v) is 8.21. The van der Waals surface area contributed by atoms with Gasteiger partial charge in [-0.25, -0.2) is 0 Å². The van der Waals surface area contributed by atoms with Crippen molar-refractivity contribution in [3.05, 3.63) is 35.2 Å². The minimum atomic E-state index is -0.669. The van der Waals surface area contributed by atoms with Gasteiger partial charge >= 0.3 is 0 Å². The van der Waals surface area contributed by atoms with Gasteiger partial charge in [0.25, 0.3) is 0 Å². The van der Waals surface area contributed by atoms with Crippen LogP contribution < -0.4 is 5.32 Å². The van der Waals surface area contributed by atoms with Crippen LogP contribution in [0.1, 0.15) is 12.0 Å². The van der Waals surface area contributed by atoms with Gasteiger partial charge in [0.2, 0.25) is 0 Å². The van der Waals surface area contributed by atoms with E-state index in [4.69, 9.17) is 14.9 Å². The molecule has 0 saturated carbocycles. The number of aliphatic hydroxyl groups is 2. The predicted molar refractivity (Wildman–Crippen MR) is 86.9 cm³/mol. The number of fused-ring (bicyclic) bond motifs is 1. The Kier molecular flexibility index (Phi) is 7.12. The Morgan fingerprint density at radius 1 is 1.24 bits per heavy atom. The second-order valence-electron chi connectivity index (χ2n) is 5.05. The molecule has 1 atom stereocenters. The van der Waals surface area contributed by atoms with Crippen molar-refractivity contribution in [1.82, 2.24) is 5.32 Å². The van der Waals surface area contributed by atoms with Crippen molar-refractivity contribution in [3.8, 4) is 0 Å². The third kappa shape index (κ3) is 5.73. The van der Waals surface area contributed by atoms with Crippen LogP contribution in [0.15, 0.2) is 29.6 Å². The highest BCUT2D eigenvalue weighted by atomic mass is 32.1. The fraction of sp³-hybridized carbons (Fsp3) is 0.500. The summed E-state index contributed by atoms with van der Waals surface area (Å²) in [5, 5.41) is 24.3. The molecular weight excluding hydrogens is 286 g/mol. The van der Waals surface area contributed by atoms with Gasteiger partial charge in [-0.15, -0.1) is 11.3 Å². The third-order valence-corrected chi connectivity index (χ3v) is 4.18. The normalized spacial score (nSPS) is 12.9. The van der Waals surface area contributed by atoms with Gasteiger partial charge in [0, 0.05) is 17.9 Å². The number of hydrogen-bond donors (Lipinski definition) is 3. The summed E-state index contributed by atoms with van der Waals surface area (Å²) < 4.78 is 6.94. The van der Waals surface area contributed by atoms with Crippen LogP contribution in [0.3, 0.4) is 0 Å². The summed E-state index contributed by atoms with van der Waals surface area (Å²) in [7, 11) is 0. The highest BCUT2D eigenvalue weighted by molar-refractivity contribution is 7.17. The standard InChI is InChI=1S/C16H23NO3S/c18-12-15(19)11-17-6-1-7-20-8-4-13-2-3-16-14(10-13)5-9-21-16/h2-3,5,9-10,15,17-19H,1,4,6-8,11-12H2. The average molecular weight is 309 g/mol. The van der Waals surface area contributed by atoms with E-state index in [1.165, 1.54) is 15.6 Å². The first kappa shape index (κ1) is 16.4. The van der Waals surface area contributed by atoms with Gasteiger partial charge in [0.15, 0.2) is 0 Å². The van der Waals surface area contributed by atoms with Crippen LogP contribution in [0.5, 0.6) is 0 Å². The monoisotopic (exact) mass is 309 g/mol. The van der Waals surface area contributed by atoms with Crippen molar-refractivity contribution in [1.29, 1.82) is 0 Å². The summed E-state index contributed by atoms with van der Waals surface area (Å²) >= 11 is 1.77. The van der Waals surface area contributed by atoms with E-state index < -0.39 is 6.10 Å². The number of nitrogens with one attached hydrogen (secondary N) is 1. The second kappa shape index (κ2) is 9.12. The summed E-state index contributed by atoms with van der Waals surface area (Å²) in [5.41, 5.74) is 1.31. The Morgan fingerprint density at radius 2 is 2.14 bits per heavy atom. The average Bonchev–Trinajstić information content (AvgIpc) is 2.97. The molecule has 116 valence electrons. The topological polar surface area (TPSA) is 61.7 Å². The quantitative estimate of drug-likeness (QED) is 0.586. The summed E-state index contributed by atoms with van der Waals surface area (Å²) in [4.78, 5) is 0. The van der Waals surface area contributed by atoms with E-state index in [1.54, 1.807) is 11.3 Å². The first-order chi connectivity index (χ1) is 10.3. The van der Waals surface area contributed by atoms with E-state index in [1.807, 2.05) is 0 Å². The zero-order valence-corrected chi connectivity index (χ0v) is 12.9. The number of ether oxygens (including phenoxy) is 1. The maximum absolute atomic E-state index is 9.14. The van der Waals surface area contributed by atoms with Gasteiger partial charge in [-0.05, 0) is 47.8 Å². The SMILES string of the molecule is OCC(O)CNCCCOCCc1ccc2sccc2c1. The number of rotatable bonds is 10. The lowest BCUT2D eigenvalue weighted by Crippen LogP contribution is -2.30. The Hall–Kier alpha value is -0.980. The van der Waals surface area contributed by atoms with Crippen molar-refractivity contribution < 1.29 is 14.9 Å². The molecule has 5 heteroatoms. The number of hydrogen-bond acceptors (Lipinski definition) is 5. The smallest absolute Gasteiger partial charge is 0.0894 e. The van der Waals surface area contributed by atoms with Crippen LogP contribution in [-0.4, -0.2) is 49.2 Å². The van der Waals surface area contributed by atoms with E-state index >= 15 is 0 Å². The van der Waals surface area contributed by atoms with Gasteiger partial charge in [-0.3, -0.25) is 0 Å². The van der Waals surface area contributed by atoms with E-state index in [-0.39, 0.29) is 6.61 Å². The van der Waals surface area contributed by atoms with Gasteiger partial charge in [0.05, 0.1) is 19.3 Å². The molecule has 21 heavy (non-hydrogen) atoms. The van der Waals surface area contributed by atoms with Crippen LogP contribution >= 0.6 is 11.3 Å². The highest BCUT2D eigenvalue weighted by Crippen LogP contribution is 2.21. The molecule has 0 spiro atoms. The van der Waals surface area contributed by atoms with Crippen molar-refractivity contribution in [2.45, 2.75) is 18.9 Å².